The van der Waals surface area contributed by atoms with E-state index < -0.39 is 0 Å². The molecule has 1 atom stereocenters. The largest absolute Gasteiger partial charge is 0.309 e. The molecule has 2 rings (SSSR count). The molecular weight excluding hydrogens is 196 g/mol. The minimum absolute atomic E-state index is 0.420. The Morgan fingerprint density at radius 1 is 1.50 bits per heavy atom. The van der Waals surface area contributed by atoms with E-state index in [0.29, 0.717) is 12.6 Å². The molecule has 16 heavy (non-hydrogen) atoms. The van der Waals surface area contributed by atoms with E-state index in [2.05, 4.69) is 47.5 Å². The Bertz CT molecular complexity index is 392. The van der Waals surface area contributed by atoms with Gasteiger partial charge < -0.3 is 5.32 Å². The Kier molecular flexibility index (Phi) is 3.61. The Morgan fingerprint density at radius 3 is 3.12 bits per heavy atom. The number of nitrogens with one attached hydrogen (secondary N) is 1. The van der Waals surface area contributed by atoms with Gasteiger partial charge in [0.25, 0.3) is 0 Å². The Balaban J connectivity index is 2.10. The lowest BCUT2D eigenvalue weighted by atomic mass is 9.94. The van der Waals surface area contributed by atoms with E-state index in [1.165, 1.54) is 11.1 Å². The monoisotopic (exact) mass is 214 g/mol. The molecule has 1 aliphatic heterocycles. The number of fused-ring (bicyclic) bond motifs is 1. The van der Waals surface area contributed by atoms with Gasteiger partial charge in [0.1, 0.15) is 0 Å². The lowest BCUT2D eigenvalue weighted by Gasteiger charge is -2.29. The van der Waals surface area contributed by atoms with Crippen molar-refractivity contribution in [3.8, 4) is 12.3 Å². The minimum atomic E-state index is 0.420. The quantitative estimate of drug-likeness (QED) is 0.766. The molecule has 0 fully saturated rings. The number of likely N-dealkylation sites (N-methyl/N-ethyl adjacent to an activating group) is 1. The van der Waals surface area contributed by atoms with E-state index in [1.807, 2.05) is 0 Å². The molecule has 1 unspecified atom stereocenters. The molecule has 0 aliphatic carbocycles. The van der Waals surface area contributed by atoms with Crippen LogP contribution in [0.4, 0.5) is 0 Å². The first-order valence-corrected chi connectivity index (χ1v) is 5.74. The molecule has 1 aromatic carbocycles. The van der Waals surface area contributed by atoms with Gasteiger partial charge >= 0.3 is 0 Å². The smallest absolute Gasteiger partial charge is 0.0597 e. The van der Waals surface area contributed by atoms with E-state index in [0.717, 1.165) is 19.5 Å². The zero-order valence-corrected chi connectivity index (χ0v) is 9.74. The van der Waals surface area contributed by atoms with Crippen molar-refractivity contribution >= 4 is 0 Å². The lowest BCUT2D eigenvalue weighted by molar-refractivity contribution is 0.313. The molecule has 0 amide bonds. The van der Waals surface area contributed by atoms with Crippen molar-refractivity contribution in [2.75, 3.05) is 26.7 Å². The summed E-state index contributed by atoms with van der Waals surface area (Å²) in [6.07, 6.45) is 6.45. The van der Waals surface area contributed by atoms with Gasteiger partial charge in [-0.25, -0.2) is 0 Å². The highest BCUT2D eigenvalue weighted by Gasteiger charge is 2.19. The van der Waals surface area contributed by atoms with Crippen LogP contribution in [-0.4, -0.2) is 31.6 Å². The minimum Gasteiger partial charge on any atom is -0.309 e. The van der Waals surface area contributed by atoms with Crippen molar-refractivity contribution in [3.05, 3.63) is 35.4 Å². The number of hydrogen-bond acceptors (Lipinski definition) is 2. The average Bonchev–Trinajstić information content (AvgIpc) is 2.30. The van der Waals surface area contributed by atoms with Gasteiger partial charge in [-0.15, -0.1) is 6.42 Å². The van der Waals surface area contributed by atoms with Crippen molar-refractivity contribution in [2.45, 2.75) is 12.5 Å². The molecule has 1 N–H and O–H groups in total. The summed E-state index contributed by atoms with van der Waals surface area (Å²) in [4.78, 5) is 2.18. The SMILES string of the molecule is C#CCN(C)CC1NCCc2ccccc21. The second kappa shape index (κ2) is 5.16. The Hall–Kier alpha value is -1.30. The van der Waals surface area contributed by atoms with E-state index in [1.54, 1.807) is 0 Å². The van der Waals surface area contributed by atoms with Gasteiger partial charge in [0, 0.05) is 12.6 Å². The van der Waals surface area contributed by atoms with Gasteiger partial charge in [0.05, 0.1) is 6.54 Å². The van der Waals surface area contributed by atoms with Crippen LogP contribution in [0.3, 0.4) is 0 Å². The van der Waals surface area contributed by atoms with Gasteiger partial charge in [-0.3, -0.25) is 4.90 Å². The highest BCUT2D eigenvalue weighted by Crippen LogP contribution is 2.22. The fourth-order valence-corrected chi connectivity index (χ4v) is 2.29. The number of benzene rings is 1. The summed E-state index contributed by atoms with van der Waals surface area (Å²) in [5.74, 6) is 2.68. The molecule has 0 aromatic heterocycles. The maximum Gasteiger partial charge on any atom is 0.0597 e. The third-order valence-corrected chi connectivity index (χ3v) is 3.07. The number of rotatable bonds is 3. The molecule has 1 aromatic rings. The zero-order valence-electron chi connectivity index (χ0n) is 9.74. The van der Waals surface area contributed by atoms with Gasteiger partial charge in [0.15, 0.2) is 0 Å². The Labute approximate surface area is 97.7 Å². The van der Waals surface area contributed by atoms with Crippen molar-refractivity contribution in [3.63, 3.8) is 0 Å². The summed E-state index contributed by atoms with van der Waals surface area (Å²) in [5.41, 5.74) is 2.90. The van der Waals surface area contributed by atoms with Gasteiger partial charge in [-0.1, -0.05) is 30.2 Å². The average molecular weight is 214 g/mol. The van der Waals surface area contributed by atoms with Crippen LogP contribution in [0.15, 0.2) is 24.3 Å². The second-order valence-corrected chi connectivity index (χ2v) is 4.36. The summed E-state index contributed by atoms with van der Waals surface area (Å²) >= 11 is 0. The van der Waals surface area contributed by atoms with E-state index in [4.69, 9.17) is 6.42 Å². The first-order valence-electron chi connectivity index (χ1n) is 5.74. The maximum absolute atomic E-state index is 5.32. The third-order valence-electron chi connectivity index (χ3n) is 3.07. The number of hydrogen-bond donors (Lipinski definition) is 1. The molecule has 84 valence electrons. The molecule has 0 spiro atoms. The predicted molar refractivity (Wildman–Crippen MR) is 67.2 cm³/mol. The molecule has 0 saturated heterocycles. The summed E-state index contributed by atoms with van der Waals surface area (Å²) in [7, 11) is 2.07. The van der Waals surface area contributed by atoms with E-state index in [9.17, 15) is 0 Å². The van der Waals surface area contributed by atoms with E-state index in [-0.39, 0.29) is 0 Å². The molecule has 0 radical (unpaired) electrons. The van der Waals surface area contributed by atoms with Crippen molar-refractivity contribution < 1.29 is 0 Å². The van der Waals surface area contributed by atoms with E-state index >= 15 is 0 Å². The van der Waals surface area contributed by atoms with Crippen molar-refractivity contribution in [1.29, 1.82) is 0 Å². The number of terminal acetylenes is 1. The van der Waals surface area contributed by atoms with Gasteiger partial charge in [0.2, 0.25) is 0 Å². The second-order valence-electron chi connectivity index (χ2n) is 4.36. The predicted octanol–water partition coefficient (Wildman–Crippen LogP) is 1.44. The highest BCUT2D eigenvalue weighted by atomic mass is 15.1. The van der Waals surface area contributed by atoms with Gasteiger partial charge in [-0.05, 0) is 31.1 Å². The summed E-state index contributed by atoms with van der Waals surface area (Å²) in [5, 5.41) is 3.55. The van der Waals surface area contributed by atoms with Crippen LogP contribution in [-0.2, 0) is 6.42 Å². The first-order chi connectivity index (χ1) is 7.81. The molecule has 1 heterocycles. The normalized spacial score (nSPS) is 19.2. The number of nitrogens with zero attached hydrogens (tertiary/aromatic N) is 1. The Morgan fingerprint density at radius 2 is 2.31 bits per heavy atom. The fraction of sp³-hybridized carbons (Fsp3) is 0.429. The summed E-state index contributed by atoms with van der Waals surface area (Å²) in [6.45, 7) is 2.74. The summed E-state index contributed by atoms with van der Waals surface area (Å²) < 4.78 is 0. The molecule has 2 heteroatoms. The molecule has 0 bridgehead atoms. The standard InChI is InChI=1S/C14H18N2/c1-3-10-16(2)11-14-13-7-5-4-6-12(13)8-9-15-14/h1,4-7,14-15H,8-11H2,2H3. The topological polar surface area (TPSA) is 15.3 Å². The van der Waals surface area contributed by atoms with Crippen LogP contribution in [0.5, 0.6) is 0 Å². The van der Waals surface area contributed by atoms with Crippen LogP contribution in [0.1, 0.15) is 17.2 Å². The van der Waals surface area contributed by atoms with Crippen molar-refractivity contribution in [2.24, 2.45) is 0 Å². The fourth-order valence-electron chi connectivity index (χ4n) is 2.29. The molecular formula is C14H18N2. The maximum atomic E-state index is 5.32. The first kappa shape index (κ1) is 11.2. The van der Waals surface area contributed by atoms with Crippen LogP contribution >= 0.6 is 0 Å². The molecule has 0 saturated carbocycles. The van der Waals surface area contributed by atoms with Crippen molar-refractivity contribution in [1.82, 2.24) is 10.2 Å². The lowest BCUT2D eigenvalue weighted by Crippen LogP contribution is -2.37. The zero-order chi connectivity index (χ0) is 11.4. The molecule has 2 nitrogen and oxygen atoms in total. The van der Waals surface area contributed by atoms with Crippen LogP contribution < -0.4 is 5.32 Å². The van der Waals surface area contributed by atoms with Crippen LogP contribution in [0, 0.1) is 12.3 Å². The summed E-state index contributed by atoms with van der Waals surface area (Å²) in [6, 6.07) is 9.09. The highest BCUT2D eigenvalue weighted by molar-refractivity contribution is 5.32. The third kappa shape index (κ3) is 2.44. The van der Waals surface area contributed by atoms with Gasteiger partial charge in [-0.2, -0.15) is 0 Å². The van der Waals surface area contributed by atoms with Crippen LogP contribution in [0.2, 0.25) is 0 Å². The van der Waals surface area contributed by atoms with Crippen LogP contribution in [0.25, 0.3) is 0 Å². The molecule has 1 aliphatic rings.